The Kier molecular flexibility index (Phi) is 26.3. The molecule has 4 N–H and O–H groups in total. The number of nitrogens with zero attached hydrogens (tertiary/aromatic N) is 1. The molecular weight excluding hydrogens is 348 g/mol. The van der Waals surface area contributed by atoms with Gasteiger partial charge in [0.25, 0.3) is 5.09 Å². The van der Waals surface area contributed by atoms with Gasteiger partial charge in [0, 0.05) is 6.54 Å². The number of unbranched alkanes of at least 4 members (excludes halogenated alkanes) is 15. The van der Waals surface area contributed by atoms with Crippen LogP contribution >= 0.6 is 0 Å². The maximum absolute atomic E-state index is 8.68. The Morgan fingerprint density at radius 2 is 1.04 bits per heavy atom. The molecule has 7 nitrogen and oxygen atoms in total. The molecule has 0 unspecified atom stereocenters. The number of aliphatic hydroxyl groups excluding tert-OH is 1. The maximum atomic E-state index is 8.68. The second-order valence-corrected chi connectivity index (χ2v) is 7.23. The lowest BCUT2D eigenvalue weighted by molar-refractivity contribution is -0.742. The van der Waals surface area contributed by atoms with E-state index >= 15 is 0 Å². The van der Waals surface area contributed by atoms with Crippen molar-refractivity contribution < 1.29 is 20.5 Å². The average molecular weight is 393 g/mol. The molecule has 0 rings (SSSR count). The molecule has 164 valence electrons. The summed E-state index contributed by atoms with van der Waals surface area (Å²) in [5, 5.41) is 34.0. The summed E-state index contributed by atoms with van der Waals surface area (Å²) in [7, 11) is 0. The van der Waals surface area contributed by atoms with Crippen molar-refractivity contribution in [1.82, 2.24) is 5.32 Å². The van der Waals surface area contributed by atoms with Crippen molar-refractivity contribution in [3.05, 3.63) is 10.1 Å². The highest BCUT2D eigenvalue weighted by Crippen LogP contribution is 2.13. The average Bonchev–Trinajstić information content (AvgIpc) is 2.60. The normalized spacial score (nSPS) is 10.7. The van der Waals surface area contributed by atoms with Crippen LogP contribution < -0.4 is 5.32 Å². The molecule has 0 aliphatic rings. The lowest BCUT2D eigenvalue weighted by Gasteiger charge is -2.06. The zero-order valence-electron chi connectivity index (χ0n) is 17.4. The van der Waals surface area contributed by atoms with Crippen LogP contribution in [0.15, 0.2) is 0 Å². The van der Waals surface area contributed by atoms with E-state index in [4.69, 9.17) is 25.5 Å². The highest BCUT2D eigenvalue weighted by molar-refractivity contribution is 4.52. The maximum Gasteiger partial charge on any atom is 0.291 e. The van der Waals surface area contributed by atoms with Gasteiger partial charge in [0.2, 0.25) is 0 Å². The van der Waals surface area contributed by atoms with E-state index in [1.807, 2.05) is 0 Å². The van der Waals surface area contributed by atoms with E-state index in [2.05, 4.69) is 12.2 Å². The summed E-state index contributed by atoms with van der Waals surface area (Å²) < 4.78 is 0. The molecule has 7 heteroatoms. The van der Waals surface area contributed by atoms with Gasteiger partial charge < -0.3 is 20.7 Å². The summed E-state index contributed by atoms with van der Waals surface area (Å²) in [4.78, 5) is 8.36. The molecule has 27 heavy (non-hydrogen) atoms. The fourth-order valence-electron chi connectivity index (χ4n) is 3.03. The van der Waals surface area contributed by atoms with Crippen molar-refractivity contribution in [2.75, 3.05) is 13.1 Å². The standard InChI is InChI=1S/C20H43NO2.HNO3/c1-2-3-4-5-6-7-8-9-10-11-12-13-14-15-16-17-18-21-19-20(22)23;2-1(3)4/h20-23H,2-19H2,1H3;(H,2,3,4). The van der Waals surface area contributed by atoms with Crippen molar-refractivity contribution in [1.29, 1.82) is 0 Å². The van der Waals surface area contributed by atoms with E-state index in [0.717, 1.165) is 13.0 Å². The van der Waals surface area contributed by atoms with E-state index < -0.39 is 11.4 Å². The molecule has 0 aromatic rings. The third-order valence-corrected chi connectivity index (χ3v) is 4.53. The Morgan fingerprint density at radius 1 is 0.741 bits per heavy atom. The predicted octanol–water partition coefficient (Wildman–Crippen LogP) is 4.80. The van der Waals surface area contributed by atoms with Gasteiger partial charge in [0.1, 0.15) is 0 Å². The van der Waals surface area contributed by atoms with Crippen molar-refractivity contribution in [2.24, 2.45) is 0 Å². The second kappa shape index (κ2) is 25.1. The zero-order chi connectivity index (χ0) is 20.6. The van der Waals surface area contributed by atoms with Crippen LogP contribution in [0.5, 0.6) is 0 Å². The van der Waals surface area contributed by atoms with E-state index in [0.29, 0.717) is 6.54 Å². The van der Waals surface area contributed by atoms with Crippen LogP contribution in [0.1, 0.15) is 110 Å². The summed E-state index contributed by atoms with van der Waals surface area (Å²) in [6.45, 7) is 3.47. The van der Waals surface area contributed by atoms with Crippen molar-refractivity contribution in [3.8, 4) is 0 Å². The van der Waals surface area contributed by atoms with Crippen molar-refractivity contribution in [3.63, 3.8) is 0 Å². The number of nitrogens with one attached hydrogen (secondary N) is 1. The minimum atomic E-state index is -1.50. The Bertz CT molecular complexity index is 288. The molecule has 0 aromatic carbocycles. The third kappa shape index (κ3) is 36.7. The van der Waals surface area contributed by atoms with Crippen LogP contribution in [0.3, 0.4) is 0 Å². The van der Waals surface area contributed by atoms with Gasteiger partial charge in [-0.25, -0.2) is 0 Å². The first-order chi connectivity index (χ1) is 13.0. The number of aliphatic hydroxyl groups is 2. The first kappa shape index (κ1) is 28.3. The summed E-state index contributed by atoms with van der Waals surface area (Å²) in [5.41, 5.74) is 0. The monoisotopic (exact) mass is 392 g/mol. The van der Waals surface area contributed by atoms with Crippen molar-refractivity contribution in [2.45, 2.75) is 116 Å². The van der Waals surface area contributed by atoms with Crippen LogP contribution in [0.25, 0.3) is 0 Å². The smallest absolute Gasteiger partial charge is 0.291 e. The van der Waals surface area contributed by atoms with E-state index in [9.17, 15) is 0 Å². The molecular formula is C20H44N2O5. The van der Waals surface area contributed by atoms with Crippen LogP contribution in [0.4, 0.5) is 0 Å². The fourth-order valence-corrected chi connectivity index (χ4v) is 3.03. The summed E-state index contributed by atoms with van der Waals surface area (Å²) in [5.74, 6) is 0. The second-order valence-electron chi connectivity index (χ2n) is 7.23. The molecule has 0 saturated heterocycles. The Morgan fingerprint density at radius 3 is 1.33 bits per heavy atom. The molecule has 0 aliphatic heterocycles. The van der Waals surface area contributed by atoms with Crippen molar-refractivity contribution >= 4 is 0 Å². The van der Waals surface area contributed by atoms with Gasteiger partial charge >= 0.3 is 0 Å². The largest absolute Gasteiger partial charge is 0.367 e. The van der Waals surface area contributed by atoms with E-state index in [-0.39, 0.29) is 0 Å². The third-order valence-electron chi connectivity index (χ3n) is 4.53. The SMILES string of the molecule is CCCCCCCCCCCCCCCCCCNCC(O)O.O=[N+]([O-])O. The highest BCUT2D eigenvalue weighted by atomic mass is 16.9. The first-order valence-electron chi connectivity index (χ1n) is 10.9. The van der Waals surface area contributed by atoms with Gasteiger partial charge in [-0.2, -0.15) is 0 Å². The molecule has 0 aliphatic carbocycles. The molecule has 0 saturated carbocycles. The summed E-state index contributed by atoms with van der Waals surface area (Å²) in [6.07, 6.45) is 21.0. The van der Waals surface area contributed by atoms with Gasteiger partial charge in [-0.3, -0.25) is 0 Å². The van der Waals surface area contributed by atoms with Gasteiger partial charge in [0.15, 0.2) is 6.29 Å². The van der Waals surface area contributed by atoms with E-state index in [1.54, 1.807) is 0 Å². The zero-order valence-corrected chi connectivity index (χ0v) is 17.4. The Hall–Kier alpha value is -0.920. The molecule has 0 amide bonds. The molecule has 0 radical (unpaired) electrons. The summed E-state index contributed by atoms with van der Waals surface area (Å²) in [6, 6.07) is 0. The molecule has 0 heterocycles. The topological polar surface area (TPSA) is 116 Å². The van der Waals surface area contributed by atoms with Crippen LogP contribution in [-0.2, 0) is 0 Å². The molecule has 0 atom stereocenters. The molecule has 0 aromatic heterocycles. The summed E-state index contributed by atoms with van der Waals surface area (Å²) >= 11 is 0. The number of hydrogen-bond donors (Lipinski definition) is 4. The lowest BCUT2D eigenvalue weighted by Crippen LogP contribution is -2.26. The van der Waals surface area contributed by atoms with Gasteiger partial charge in [-0.15, -0.1) is 10.1 Å². The lowest BCUT2D eigenvalue weighted by atomic mass is 10.0. The molecule has 0 spiro atoms. The van der Waals surface area contributed by atoms with Gasteiger partial charge in [-0.1, -0.05) is 103 Å². The molecule has 0 fully saturated rings. The number of hydrogen-bond acceptors (Lipinski definition) is 5. The Labute approximate surface area is 165 Å². The van der Waals surface area contributed by atoms with Gasteiger partial charge in [-0.05, 0) is 13.0 Å². The van der Waals surface area contributed by atoms with Crippen LogP contribution in [-0.4, -0.2) is 39.9 Å². The molecule has 0 bridgehead atoms. The fraction of sp³-hybridized carbons (Fsp3) is 1.00. The van der Waals surface area contributed by atoms with Gasteiger partial charge in [0.05, 0.1) is 0 Å². The number of rotatable bonds is 19. The van der Waals surface area contributed by atoms with Crippen LogP contribution in [0.2, 0.25) is 0 Å². The van der Waals surface area contributed by atoms with E-state index in [1.165, 1.54) is 96.3 Å². The van der Waals surface area contributed by atoms with Crippen LogP contribution in [0, 0.1) is 10.1 Å². The highest BCUT2D eigenvalue weighted by Gasteiger charge is 1.96. The predicted molar refractivity (Wildman–Crippen MR) is 109 cm³/mol. The quantitative estimate of drug-likeness (QED) is 0.109. The minimum absolute atomic E-state index is 0.290. The minimum Gasteiger partial charge on any atom is -0.367 e. The first-order valence-corrected chi connectivity index (χ1v) is 10.9. The Balaban J connectivity index is 0.